The van der Waals surface area contributed by atoms with Gasteiger partial charge in [-0.3, -0.25) is 4.79 Å². The summed E-state index contributed by atoms with van der Waals surface area (Å²) in [6, 6.07) is 3.81. The van der Waals surface area contributed by atoms with Gasteiger partial charge in [-0.25, -0.2) is 0 Å². The summed E-state index contributed by atoms with van der Waals surface area (Å²) in [7, 11) is 0. The Balaban J connectivity index is 2.11. The van der Waals surface area contributed by atoms with Crippen molar-refractivity contribution < 1.29 is 4.79 Å². The third-order valence-electron chi connectivity index (χ3n) is 3.31. The van der Waals surface area contributed by atoms with Crippen molar-refractivity contribution in [3.63, 3.8) is 0 Å². The van der Waals surface area contributed by atoms with Crippen LogP contribution in [0.4, 0.5) is 5.69 Å². The Morgan fingerprint density at radius 2 is 2.17 bits per heavy atom. The molecule has 2 rings (SSSR count). The number of anilines is 1. The van der Waals surface area contributed by atoms with E-state index in [1.54, 1.807) is 0 Å². The van der Waals surface area contributed by atoms with Crippen molar-refractivity contribution in [1.82, 2.24) is 5.32 Å². The molecule has 2 N–H and O–H groups in total. The number of amides is 1. The lowest BCUT2D eigenvalue weighted by Crippen LogP contribution is -2.43. The van der Waals surface area contributed by atoms with Crippen molar-refractivity contribution in [3.8, 4) is 0 Å². The topological polar surface area (TPSA) is 41.1 Å². The predicted octanol–water partition coefficient (Wildman–Crippen LogP) is 3.04. The van der Waals surface area contributed by atoms with Crippen LogP contribution in [-0.4, -0.2) is 18.5 Å². The monoisotopic (exact) mass is 266 g/mol. The maximum Gasteiger partial charge on any atom is 0.241 e. The second-order valence-corrected chi connectivity index (χ2v) is 5.34. The van der Waals surface area contributed by atoms with Crippen LogP contribution in [0.5, 0.6) is 0 Å². The van der Waals surface area contributed by atoms with Gasteiger partial charge in [-0.05, 0) is 50.4 Å². The van der Waals surface area contributed by atoms with E-state index in [1.807, 2.05) is 26.0 Å². The molecule has 0 bridgehead atoms. The fourth-order valence-electron chi connectivity index (χ4n) is 2.36. The molecule has 4 heteroatoms. The number of aryl methyl sites for hydroxylation is 2. The number of benzene rings is 1. The molecular formula is C14H19ClN2O. The van der Waals surface area contributed by atoms with E-state index < -0.39 is 0 Å². The maximum atomic E-state index is 12.1. The van der Waals surface area contributed by atoms with Gasteiger partial charge < -0.3 is 10.6 Å². The summed E-state index contributed by atoms with van der Waals surface area (Å²) in [4.78, 5) is 12.1. The summed E-state index contributed by atoms with van der Waals surface area (Å²) >= 11 is 6.18. The summed E-state index contributed by atoms with van der Waals surface area (Å²) < 4.78 is 0. The number of nitrogens with one attached hydrogen (secondary N) is 2. The first-order valence-corrected chi connectivity index (χ1v) is 6.76. The second kappa shape index (κ2) is 5.72. The van der Waals surface area contributed by atoms with Crippen LogP contribution in [0, 0.1) is 13.8 Å². The van der Waals surface area contributed by atoms with E-state index in [-0.39, 0.29) is 11.9 Å². The number of halogens is 1. The fraction of sp³-hybridized carbons (Fsp3) is 0.500. The van der Waals surface area contributed by atoms with Crippen LogP contribution in [0.25, 0.3) is 0 Å². The molecule has 0 spiro atoms. The quantitative estimate of drug-likeness (QED) is 0.864. The summed E-state index contributed by atoms with van der Waals surface area (Å²) in [5.74, 6) is 0.0172. The first kappa shape index (κ1) is 13.4. The highest BCUT2D eigenvalue weighted by Gasteiger charge is 2.21. The van der Waals surface area contributed by atoms with Crippen molar-refractivity contribution in [2.75, 3.05) is 11.9 Å². The Bertz CT molecular complexity index is 430. The molecule has 0 radical (unpaired) electrons. The van der Waals surface area contributed by atoms with Crippen molar-refractivity contribution in [3.05, 3.63) is 28.3 Å². The lowest BCUT2D eigenvalue weighted by atomic mass is 10.0. The molecular weight excluding hydrogens is 248 g/mol. The van der Waals surface area contributed by atoms with Gasteiger partial charge in [0.1, 0.15) is 0 Å². The van der Waals surface area contributed by atoms with Crippen LogP contribution in [0.3, 0.4) is 0 Å². The van der Waals surface area contributed by atoms with Crippen LogP contribution in [0.15, 0.2) is 12.1 Å². The SMILES string of the molecule is Cc1cc(C)c(NC(=O)C2CCCCN2)c(Cl)c1. The highest BCUT2D eigenvalue weighted by molar-refractivity contribution is 6.34. The largest absolute Gasteiger partial charge is 0.323 e. The van der Waals surface area contributed by atoms with E-state index in [1.165, 1.54) is 0 Å². The maximum absolute atomic E-state index is 12.1. The Kier molecular flexibility index (Phi) is 4.25. The molecule has 0 aliphatic carbocycles. The summed E-state index contributed by atoms with van der Waals surface area (Å²) in [6.07, 6.45) is 3.15. The molecule has 1 saturated heterocycles. The lowest BCUT2D eigenvalue weighted by Gasteiger charge is -2.23. The van der Waals surface area contributed by atoms with Crippen LogP contribution in [0.1, 0.15) is 30.4 Å². The Hall–Kier alpha value is -1.06. The van der Waals surface area contributed by atoms with Crippen LogP contribution < -0.4 is 10.6 Å². The van der Waals surface area contributed by atoms with E-state index in [0.717, 1.165) is 42.6 Å². The normalized spacial score (nSPS) is 19.6. The van der Waals surface area contributed by atoms with Crippen molar-refractivity contribution in [1.29, 1.82) is 0 Å². The van der Waals surface area contributed by atoms with Crippen molar-refractivity contribution in [2.24, 2.45) is 0 Å². The Morgan fingerprint density at radius 1 is 1.39 bits per heavy atom. The zero-order chi connectivity index (χ0) is 13.1. The number of hydrogen-bond donors (Lipinski definition) is 2. The van der Waals surface area contributed by atoms with Gasteiger partial charge in [0.25, 0.3) is 0 Å². The molecule has 1 aromatic rings. The highest BCUT2D eigenvalue weighted by Crippen LogP contribution is 2.27. The first-order valence-electron chi connectivity index (χ1n) is 6.39. The van der Waals surface area contributed by atoms with Gasteiger partial charge in [-0.1, -0.05) is 24.1 Å². The van der Waals surface area contributed by atoms with Gasteiger partial charge in [0.05, 0.1) is 16.8 Å². The summed E-state index contributed by atoms with van der Waals surface area (Å²) in [5, 5.41) is 6.78. The molecule has 1 aromatic carbocycles. The summed E-state index contributed by atoms with van der Waals surface area (Å²) in [5.41, 5.74) is 2.84. The van der Waals surface area contributed by atoms with Gasteiger partial charge in [0.2, 0.25) is 5.91 Å². The van der Waals surface area contributed by atoms with Crippen LogP contribution in [0.2, 0.25) is 5.02 Å². The molecule has 1 heterocycles. The third kappa shape index (κ3) is 3.03. The molecule has 1 unspecified atom stereocenters. The van der Waals surface area contributed by atoms with E-state index in [4.69, 9.17) is 11.6 Å². The molecule has 1 amide bonds. The van der Waals surface area contributed by atoms with Crippen LogP contribution >= 0.6 is 11.6 Å². The number of rotatable bonds is 2. The number of hydrogen-bond acceptors (Lipinski definition) is 2. The second-order valence-electron chi connectivity index (χ2n) is 4.93. The molecule has 1 fully saturated rings. The minimum atomic E-state index is -0.0875. The number of carbonyl (C=O) groups excluding carboxylic acids is 1. The molecule has 3 nitrogen and oxygen atoms in total. The molecule has 18 heavy (non-hydrogen) atoms. The van der Waals surface area contributed by atoms with Gasteiger partial charge in [0.15, 0.2) is 0 Å². The van der Waals surface area contributed by atoms with Gasteiger partial charge in [0, 0.05) is 0 Å². The Morgan fingerprint density at radius 3 is 2.78 bits per heavy atom. The average molecular weight is 267 g/mol. The van der Waals surface area contributed by atoms with Gasteiger partial charge in [-0.2, -0.15) is 0 Å². The zero-order valence-corrected chi connectivity index (χ0v) is 11.6. The van der Waals surface area contributed by atoms with E-state index in [9.17, 15) is 4.79 Å². The van der Waals surface area contributed by atoms with E-state index in [2.05, 4.69) is 10.6 Å². The minimum Gasteiger partial charge on any atom is -0.323 e. The standard InChI is InChI=1S/C14H19ClN2O/c1-9-7-10(2)13(11(15)8-9)17-14(18)12-5-3-4-6-16-12/h7-8,12,16H,3-6H2,1-2H3,(H,17,18). The van der Waals surface area contributed by atoms with Crippen molar-refractivity contribution in [2.45, 2.75) is 39.2 Å². The van der Waals surface area contributed by atoms with E-state index in [0.29, 0.717) is 5.02 Å². The lowest BCUT2D eigenvalue weighted by molar-refractivity contribution is -0.118. The highest BCUT2D eigenvalue weighted by atomic mass is 35.5. The minimum absolute atomic E-state index is 0.0172. The van der Waals surface area contributed by atoms with Gasteiger partial charge in [-0.15, -0.1) is 0 Å². The third-order valence-corrected chi connectivity index (χ3v) is 3.60. The average Bonchev–Trinajstić information content (AvgIpc) is 2.34. The fourth-order valence-corrected chi connectivity index (χ4v) is 2.73. The Labute approximate surface area is 113 Å². The van der Waals surface area contributed by atoms with Crippen LogP contribution in [-0.2, 0) is 4.79 Å². The van der Waals surface area contributed by atoms with Gasteiger partial charge >= 0.3 is 0 Å². The molecule has 1 aliphatic rings. The predicted molar refractivity (Wildman–Crippen MR) is 75.2 cm³/mol. The molecule has 1 aliphatic heterocycles. The molecule has 0 saturated carbocycles. The van der Waals surface area contributed by atoms with E-state index >= 15 is 0 Å². The number of piperidine rings is 1. The molecule has 1 atom stereocenters. The smallest absolute Gasteiger partial charge is 0.241 e. The molecule has 98 valence electrons. The number of carbonyl (C=O) groups is 1. The summed E-state index contributed by atoms with van der Waals surface area (Å²) in [6.45, 7) is 4.87. The first-order chi connectivity index (χ1) is 8.58. The van der Waals surface area contributed by atoms with Crippen molar-refractivity contribution >= 4 is 23.2 Å². The molecule has 0 aromatic heterocycles. The zero-order valence-electron chi connectivity index (χ0n) is 10.8.